The summed E-state index contributed by atoms with van der Waals surface area (Å²) in [6.45, 7) is -0.676. The Kier molecular flexibility index (Phi) is 8.73. The number of alkyl halides is 2. The van der Waals surface area contributed by atoms with Gasteiger partial charge in [0.2, 0.25) is 5.91 Å². The zero-order chi connectivity index (χ0) is 24.1. The SMILES string of the molecule is CO/N=C(\C(=O)N[C@H]1C(=O)N(S(=O)(=O)O)[C@H]1COC(=O)CCl)c1csc(NC(=O)CCl)n1. The van der Waals surface area contributed by atoms with Crippen LogP contribution in [0.5, 0.6) is 0 Å². The second-order valence-electron chi connectivity index (χ2n) is 5.79. The average Bonchev–Trinajstić information content (AvgIpc) is 3.19. The van der Waals surface area contributed by atoms with Crippen LogP contribution in [0.1, 0.15) is 5.69 Å². The first-order chi connectivity index (χ1) is 15.0. The van der Waals surface area contributed by atoms with Gasteiger partial charge in [-0.2, -0.15) is 8.42 Å². The molecule has 18 heteroatoms. The molecule has 1 aliphatic heterocycles. The highest BCUT2D eigenvalue weighted by atomic mass is 35.5. The number of rotatable bonds is 10. The van der Waals surface area contributed by atoms with Gasteiger partial charge in [-0.15, -0.1) is 34.5 Å². The van der Waals surface area contributed by atoms with Crippen molar-refractivity contribution in [2.45, 2.75) is 12.1 Å². The van der Waals surface area contributed by atoms with Crippen molar-refractivity contribution in [3.63, 3.8) is 0 Å². The predicted octanol–water partition coefficient (Wildman–Crippen LogP) is -1.05. The summed E-state index contributed by atoms with van der Waals surface area (Å²) in [5.41, 5.74) is -0.451. The van der Waals surface area contributed by atoms with Crippen LogP contribution in [-0.2, 0) is 39.1 Å². The first kappa shape index (κ1) is 25.7. The van der Waals surface area contributed by atoms with Crippen molar-refractivity contribution in [1.82, 2.24) is 14.6 Å². The zero-order valence-electron chi connectivity index (χ0n) is 16.0. The molecule has 176 valence electrons. The first-order valence-corrected chi connectivity index (χ1v) is 11.6. The van der Waals surface area contributed by atoms with Crippen molar-refractivity contribution in [3.05, 3.63) is 11.1 Å². The molecule has 1 fully saturated rings. The molecule has 1 aromatic heterocycles. The minimum Gasteiger partial charge on any atom is -0.462 e. The van der Waals surface area contributed by atoms with Gasteiger partial charge in [-0.05, 0) is 0 Å². The van der Waals surface area contributed by atoms with Crippen molar-refractivity contribution < 1.29 is 41.7 Å². The molecule has 3 N–H and O–H groups in total. The number of amides is 3. The van der Waals surface area contributed by atoms with Gasteiger partial charge in [0.15, 0.2) is 10.8 Å². The topological polar surface area (TPSA) is 194 Å². The largest absolute Gasteiger partial charge is 0.462 e. The van der Waals surface area contributed by atoms with Gasteiger partial charge < -0.3 is 20.2 Å². The van der Waals surface area contributed by atoms with Gasteiger partial charge in [0.1, 0.15) is 43.3 Å². The number of esters is 1. The molecule has 0 bridgehead atoms. The number of thiazole rings is 1. The summed E-state index contributed by atoms with van der Waals surface area (Å²) in [7, 11) is -3.85. The monoisotopic (exact) mass is 531 g/mol. The quantitative estimate of drug-likeness (QED) is 0.0836. The fraction of sp³-hybridized carbons (Fsp3) is 0.429. The number of anilines is 1. The van der Waals surface area contributed by atoms with Gasteiger partial charge in [-0.1, -0.05) is 5.16 Å². The predicted molar refractivity (Wildman–Crippen MR) is 111 cm³/mol. The number of nitrogens with zero attached hydrogens (tertiary/aromatic N) is 3. The van der Waals surface area contributed by atoms with E-state index < -0.39 is 64.3 Å². The highest BCUT2D eigenvalue weighted by Crippen LogP contribution is 2.24. The third kappa shape index (κ3) is 6.04. The van der Waals surface area contributed by atoms with Crippen LogP contribution in [0.2, 0.25) is 0 Å². The second-order valence-corrected chi connectivity index (χ2v) is 8.47. The lowest BCUT2D eigenvalue weighted by atomic mass is 9.99. The molecule has 2 atom stereocenters. The van der Waals surface area contributed by atoms with Crippen molar-refractivity contribution in [2.75, 3.05) is 30.8 Å². The van der Waals surface area contributed by atoms with Crippen molar-refractivity contribution in [1.29, 1.82) is 0 Å². The van der Waals surface area contributed by atoms with E-state index in [1.807, 2.05) is 0 Å². The van der Waals surface area contributed by atoms with Gasteiger partial charge >= 0.3 is 16.3 Å². The molecule has 32 heavy (non-hydrogen) atoms. The van der Waals surface area contributed by atoms with E-state index in [1.54, 1.807) is 0 Å². The Labute approximate surface area is 194 Å². The molecule has 2 heterocycles. The fourth-order valence-corrected chi connectivity index (χ4v) is 4.16. The van der Waals surface area contributed by atoms with Crippen LogP contribution in [-0.4, -0.2) is 89.2 Å². The third-order valence-corrected chi connectivity index (χ3v) is 5.91. The molecule has 0 unspecified atom stereocenters. The van der Waals surface area contributed by atoms with Gasteiger partial charge in [0, 0.05) is 5.38 Å². The lowest BCUT2D eigenvalue weighted by Crippen LogP contribution is -2.73. The Morgan fingerprint density at radius 2 is 2.03 bits per heavy atom. The summed E-state index contributed by atoms with van der Waals surface area (Å²) in [5.74, 6) is -4.50. The molecule has 1 aliphatic rings. The molecule has 1 saturated heterocycles. The molecule has 0 aromatic carbocycles. The summed E-state index contributed by atoms with van der Waals surface area (Å²) in [4.78, 5) is 56.1. The van der Waals surface area contributed by atoms with E-state index >= 15 is 0 Å². The molecule has 3 amide bonds. The Morgan fingerprint density at radius 3 is 2.59 bits per heavy atom. The maximum absolute atomic E-state index is 12.7. The Bertz CT molecular complexity index is 1050. The number of nitrogens with one attached hydrogen (secondary N) is 2. The van der Waals surface area contributed by atoms with E-state index in [1.165, 1.54) is 5.38 Å². The lowest BCUT2D eigenvalue weighted by molar-refractivity contribution is -0.154. The average molecular weight is 532 g/mol. The van der Waals surface area contributed by atoms with Crippen molar-refractivity contribution in [3.8, 4) is 0 Å². The first-order valence-electron chi connectivity index (χ1n) is 8.29. The molecule has 0 aliphatic carbocycles. The Morgan fingerprint density at radius 1 is 1.34 bits per heavy atom. The number of β-lactam (4-membered cyclic amide) rings is 1. The smallest absolute Gasteiger partial charge is 0.362 e. The summed E-state index contributed by atoms with van der Waals surface area (Å²) in [5, 5.41) is 9.59. The molecule has 0 spiro atoms. The number of hydrogen-bond acceptors (Lipinski definition) is 11. The molecular weight excluding hydrogens is 517 g/mol. The zero-order valence-corrected chi connectivity index (χ0v) is 19.1. The molecule has 2 rings (SSSR count). The van der Waals surface area contributed by atoms with Crippen LogP contribution in [0.3, 0.4) is 0 Å². The number of aromatic nitrogens is 1. The molecule has 0 saturated carbocycles. The van der Waals surface area contributed by atoms with Crippen LogP contribution >= 0.6 is 34.5 Å². The summed E-state index contributed by atoms with van der Waals surface area (Å²) >= 11 is 11.6. The van der Waals surface area contributed by atoms with Gasteiger partial charge in [-0.3, -0.25) is 23.7 Å². The van der Waals surface area contributed by atoms with E-state index in [9.17, 15) is 32.1 Å². The number of ether oxygens (including phenoxy) is 1. The number of hydrogen-bond donors (Lipinski definition) is 3. The maximum atomic E-state index is 12.7. The summed E-state index contributed by atoms with van der Waals surface area (Å²) < 4.78 is 36.9. The number of carbonyl (C=O) groups is 4. The lowest BCUT2D eigenvalue weighted by Gasteiger charge is -2.43. The molecular formula is C14H15Cl2N5O9S2. The highest BCUT2D eigenvalue weighted by Gasteiger charge is 2.54. The van der Waals surface area contributed by atoms with Crippen LogP contribution in [0, 0.1) is 0 Å². The number of oxime groups is 1. The Hall–Kier alpha value is -2.53. The minimum atomic E-state index is -4.99. The third-order valence-electron chi connectivity index (χ3n) is 3.74. The van der Waals surface area contributed by atoms with E-state index in [4.69, 9.17) is 27.9 Å². The van der Waals surface area contributed by atoms with Crippen LogP contribution in [0.15, 0.2) is 10.5 Å². The van der Waals surface area contributed by atoms with Crippen LogP contribution in [0.4, 0.5) is 5.13 Å². The second kappa shape index (κ2) is 10.9. The van der Waals surface area contributed by atoms with Crippen LogP contribution < -0.4 is 10.6 Å². The number of carbonyl (C=O) groups excluding carboxylic acids is 4. The van der Waals surface area contributed by atoms with Crippen molar-refractivity contribution in [2.24, 2.45) is 5.16 Å². The molecule has 0 radical (unpaired) electrons. The number of halogens is 2. The minimum absolute atomic E-state index is 0.0391. The van der Waals surface area contributed by atoms with Gasteiger partial charge in [0.25, 0.3) is 11.8 Å². The van der Waals surface area contributed by atoms with E-state index in [-0.39, 0.29) is 21.0 Å². The van der Waals surface area contributed by atoms with Gasteiger partial charge in [-0.25, -0.2) is 9.29 Å². The normalized spacial score (nSPS) is 18.6. The fourth-order valence-electron chi connectivity index (χ4n) is 2.44. The Balaban J connectivity index is 2.21. The molecule has 14 nitrogen and oxygen atoms in total. The maximum Gasteiger partial charge on any atom is 0.362 e. The standard InChI is InChI=1S/C14H15Cl2N5O9S2/c1-29-20-10(6-5-31-14(17-6)18-8(22)2-15)12(24)19-11-7(4-30-9(23)3-16)21(13(11)25)32(26,27)28/h5,7,11H,2-4H2,1H3,(H,19,24)(H,17,18,22)(H,26,27,28)/b20-10-/t7-,11+/m0/s1. The van der Waals surface area contributed by atoms with E-state index in [0.717, 1.165) is 18.4 Å². The van der Waals surface area contributed by atoms with Crippen molar-refractivity contribution >= 4 is 79.4 Å². The van der Waals surface area contributed by atoms with E-state index in [2.05, 4.69) is 25.6 Å². The van der Waals surface area contributed by atoms with Gasteiger partial charge in [0.05, 0.1) is 0 Å². The summed E-state index contributed by atoms with van der Waals surface area (Å²) in [6, 6.07) is -2.94. The summed E-state index contributed by atoms with van der Waals surface area (Å²) in [6.07, 6.45) is 0. The van der Waals surface area contributed by atoms with Crippen LogP contribution in [0.25, 0.3) is 0 Å². The molecule has 1 aromatic rings. The van der Waals surface area contributed by atoms with E-state index in [0.29, 0.717) is 0 Å². The highest BCUT2D eigenvalue weighted by molar-refractivity contribution is 7.84.